The van der Waals surface area contributed by atoms with Gasteiger partial charge in [-0.3, -0.25) is 9.59 Å². The first-order valence-corrected chi connectivity index (χ1v) is 8.05. The van der Waals surface area contributed by atoms with E-state index in [9.17, 15) is 9.59 Å². The number of thiazole rings is 1. The Morgan fingerprint density at radius 3 is 2.86 bits per heavy atom. The number of hydrogen-bond acceptors (Lipinski definition) is 4. The number of amides is 2. The Hall–Kier alpha value is -2.21. The van der Waals surface area contributed by atoms with Crippen molar-refractivity contribution in [3.8, 4) is 10.6 Å². The highest BCUT2D eigenvalue weighted by Gasteiger charge is 2.06. The van der Waals surface area contributed by atoms with E-state index in [2.05, 4.69) is 15.6 Å². The Morgan fingerprint density at radius 1 is 1.32 bits per heavy atom. The molecule has 0 unspecified atom stereocenters. The number of nitrogens with one attached hydrogen (secondary N) is 2. The normalized spacial score (nSPS) is 10.3. The van der Waals surface area contributed by atoms with Gasteiger partial charge in [0.1, 0.15) is 5.01 Å². The predicted octanol–water partition coefficient (Wildman–Crippen LogP) is 2.84. The van der Waals surface area contributed by atoms with Gasteiger partial charge in [-0.25, -0.2) is 4.98 Å². The van der Waals surface area contributed by atoms with Gasteiger partial charge in [-0.2, -0.15) is 0 Å². The van der Waals surface area contributed by atoms with Gasteiger partial charge in [0, 0.05) is 42.9 Å². The van der Waals surface area contributed by atoms with Gasteiger partial charge in [0.05, 0.1) is 5.69 Å². The quantitative estimate of drug-likeness (QED) is 0.860. The molecule has 0 fully saturated rings. The minimum absolute atomic E-state index is 0.0541. The molecule has 0 saturated heterocycles. The molecule has 0 aliphatic heterocycles. The van der Waals surface area contributed by atoms with Crippen molar-refractivity contribution in [3.05, 3.63) is 35.3 Å². The Balaban J connectivity index is 2.01. The highest BCUT2D eigenvalue weighted by Crippen LogP contribution is 2.26. The lowest BCUT2D eigenvalue weighted by Crippen LogP contribution is -2.24. The van der Waals surface area contributed by atoms with Crippen LogP contribution in [-0.4, -0.2) is 23.3 Å². The average Bonchev–Trinajstić information content (AvgIpc) is 2.95. The Labute approximate surface area is 133 Å². The smallest absolute Gasteiger partial charge is 0.221 e. The fourth-order valence-electron chi connectivity index (χ4n) is 1.94. The van der Waals surface area contributed by atoms with Crippen molar-refractivity contribution in [2.24, 2.45) is 0 Å². The summed E-state index contributed by atoms with van der Waals surface area (Å²) in [6.07, 6.45) is 1.21. The van der Waals surface area contributed by atoms with Crippen LogP contribution in [-0.2, 0) is 16.0 Å². The number of rotatable bonds is 6. The zero-order valence-corrected chi connectivity index (χ0v) is 13.5. The summed E-state index contributed by atoms with van der Waals surface area (Å²) in [6.45, 7) is 3.92. The molecule has 0 bridgehead atoms. The first kappa shape index (κ1) is 16.2. The third-order valence-corrected chi connectivity index (χ3v) is 3.95. The second-order valence-corrected chi connectivity index (χ2v) is 5.72. The van der Waals surface area contributed by atoms with Crippen LogP contribution < -0.4 is 10.6 Å². The Morgan fingerprint density at radius 2 is 2.14 bits per heavy atom. The lowest BCUT2D eigenvalue weighted by Gasteiger charge is -2.03. The monoisotopic (exact) mass is 317 g/mol. The van der Waals surface area contributed by atoms with E-state index < -0.39 is 0 Å². The standard InChI is InChI=1S/C16H19N3O2S/c1-3-15(21)17-8-7-14-10-22-16(19-14)12-5-4-6-13(9-12)18-11(2)20/h4-6,9-10H,3,7-8H2,1-2H3,(H,17,21)(H,18,20). The molecule has 116 valence electrons. The fourth-order valence-corrected chi connectivity index (χ4v) is 2.79. The highest BCUT2D eigenvalue weighted by atomic mass is 32.1. The summed E-state index contributed by atoms with van der Waals surface area (Å²) >= 11 is 1.56. The van der Waals surface area contributed by atoms with E-state index in [0.717, 1.165) is 22.0 Å². The topological polar surface area (TPSA) is 71.1 Å². The van der Waals surface area contributed by atoms with Gasteiger partial charge in [-0.15, -0.1) is 11.3 Å². The molecule has 0 aliphatic rings. The minimum atomic E-state index is -0.0938. The van der Waals surface area contributed by atoms with Crippen LogP contribution in [0.2, 0.25) is 0 Å². The summed E-state index contributed by atoms with van der Waals surface area (Å²) in [7, 11) is 0. The summed E-state index contributed by atoms with van der Waals surface area (Å²) in [5.74, 6) is -0.0397. The first-order valence-electron chi connectivity index (χ1n) is 7.17. The van der Waals surface area contributed by atoms with Gasteiger partial charge in [0.2, 0.25) is 11.8 Å². The molecule has 0 aliphatic carbocycles. The van der Waals surface area contributed by atoms with E-state index in [0.29, 0.717) is 19.4 Å². The lowest BCUT2D eigenvalue weighted by molar-refractivity contribution is -0.120. The molecule has 0 saturated carbocycles. The average molecular weight is 317 g/mol. The van der Waals surface area contributed by atoms with Crippen molar-refractivity contribution in [2.75, 3.05) is 11.9 Å². The summed E-state index contributed by atoms with van der Waals surface area (Å²) in [4.78, 5) is 26.9. The number of carbonyl (C=O) groups excluding carboxylic acids is 2. The molecule has 1 heterocycles. The molecule has 2 aromatic rings. The number of benzene rings is 1. The maximum absolute atomic E-state index is 11.2. The molecule has 1 aromatic heterocycles. The molecule has 2 N–H and O–H groups in total. The maximum atomic E-state index is 11.2. The zero-order valence-electron chi connectivity index (χ0n) is 12.7. The summed E-state index contributed by atoms with van der Waals surface area (Å²) in [5.41, 5.74) is 2.69. The van der Waals surface area contributed by atoms with E-state index in [1.807, 2.05) is 36.6 Å². The molecule has 6 heteroatoms. The number of nitrogens with zero attached hydrogens (tertiary/aromatic N) is 1. The van der Waals surface area contributed by atoms with Crippen molar-refractivity contribution < 1.29 is 9.59 Å². The van der Waals surface area contributed by atoms with E-state index in [1.165, 1.54) is 6.92 Å². The molecule has 0 radical (unpaired) electrons. The summed E-state index contributed by atoms with van der Waals surface area (Å²) in [6, 6.07) is 7.61. The number of carbonyl (C=O) groups is 2. The summed E-state index contributed by atoms with van der Waals surface area (Å²) in [5, 5.41) is 8.51. The first-order chi connectivity index (χ1) is 10.6. The van der Waals surface area contributed by atoms with Crippen molar-refractivity contribution in [2.45, 2.75) is 26.7 Å². The molecule has 0 spiro atoms. The van der Waals surface area contributed by atoms with E-state index in [-0.39, 0.29) is 11.8 Å². The van der Waals surface area contributed by atoms with Crippen LogP contribution in [0.15, 0.2) is 29.6 Å². The van der Waals surface area contributed by atoms with Gasteiger partial charge in [0.15, 0.2) is 0 Å². The summed E-state index contributed by atoms with van der Waals surface area (Å²) < 4.78 is 0. The second kappa shape index (κ2) is 7.70. The molecule has 2 rings (SSSR count). The van der Waals surface area contributed by atoms with Gasteiger partial charge in [-0.1, -0.05) is 19.1 Å². The van der Waals surface area contributed by atoms with E-state index in [4.69, 9.17) is 0 Å². The minimum Gasteiger partial charge on any atom is -0.356 e. The molecule has 1 aromatic carbocycles. The van der Waals surface area contributed by atoms with Crippen molar-refractivity contribution in [1.29, 1.82) is 0 Å². The maximum Gasteiger partial charge on any atom is 0.221 e. The molecular formula is C16H19N3O2S. The van der Waals surface area contributed by atoms with Crippen LogP contribution in [0.5, 0.6) is 0 Å². The van der Waals surface area contributed by atoms with Crippen molar-refractivity contribution in [1.82, 2.24) is 10.3 Å². The third kappa shape index (κ3) is 4.66. The van der Waals surface area contributed by atoms with Crippen LogP contribution in [0.3, 0.4) is 0 Å². The van der Waals surface area contributed by atoms with Crippen molar-refractivity contribution in [3.63, 3.8) is 0 Å². The number of anilines is 1. The predicted molar refractivity (Wildman–Crippen MR) is 88.9 cm³/mol. The molecule has 22 heavy (non-hydrogen) atoms. The van der Waals surface area contributed by atoms with E-state index in [1.54, 1.807) is 11.3 Å². The van der Waals surface area contributed by atoms with Crippen LogP contribution >= 0.6 is 11.3 Å². The Bertz CT molecular complexity index is 667. The zero-order chi connectivity index (χ0) is 15.9. The van der Waals surface area contributed by atoms with Crippen molar-refractivity contribution >= 4 is 28.8 Å². The van der Waals surface area contributed by atoms with Gasteiger partial charge >= 0.3 is 0 Å². The second-order valence-electron chi connectivity index (χ2n) is 4.86. The molecule has 2 amide bonds. The highest BCUT2D eigenvalue weighted by molar-refractivity contribution is 7.13. The van der Waals surface area contributed by atoms with Crippen LogP contribution in [0.4, 0.5) is 5.69 Å². The lowest BCUT2D eigenvalue weighted by atomic mass is 10.2. The van der Waals surface area contributed by atoms with Crippen LogP contribution in [0.1, 0.15) is 26.0 Å². The molecular weight excluding hydrogens is 298 g/mol. The molecule has 0 atom stereocenters. The van der Waals surface area contributed by atoms with Crippen LogP contribution in [0, 0.1) is 0 Å². The SMILES string of the molecule is CCC(=O)NCCc1csc(-c2cccc(NC(C)=O)c2)n1. The Kier molecular flexibility index (Phi) is 5.66. The fraction of sp³-hybridized carbons (Fsp3) is 0.312. The molecule has 5 nitrogen and oxygen atoms in total. The third-order valence-electron chi connectivity index (χ3n) is 3.01. The van der Waals surface area contributed by atoms with Gasteiger partial charge in [0.25, 0.3) is 0 Å². The number of hydrogen-bond donors (Lipinski definition) is 2. The van der Waals surface area contributed by atoms with Gasteiger partial charge < -0.3 is 10.6 Å². The largest absolute Gasteiger partial charge is 0.356 e. The number of aromatic nitrogens is 1. The van der Waals surface area contributed by atoms with E-state index >= 15 is 0 Å². The van der Waals surface area contributed by atoms with Crippen LogP contribution in [0.25, 0.3) is 10.6 Å². The van der Waals surface area contributed by atoms with Gasteiger partial charge in [-0.05, 0) is 12.1 Å².